The zero-order valence-electron chi connectivity index (χ0n) is 22.3. The van der Waals surface area contributed by atoms with Gasteiger partial charge in [0.15, 0.2) is 0 Å². The molecule has 0 saturated carbocycles. The maximum Gasteiger partial charge on any atom is 0.261 e. The van der Waals surface area contributed by atoms with Crippen LogP contribution in [0.25, 0.3) is 11.0 Å². The Labute approximate surface area is 224 Å². The molecule has 0 unspecified atom stereocenters. The topological polar surface area (TPSA) is 56.1 Å². The number of ether oxygens (including phenoxy) is 1. The molecular weight excluding hydrogens is 478 g/mol. The normalized spacial score (nSPS) is 11.6. The standard InChI is InChI=1S/C31H39N3O2S/c1-31(2,3)24-16-18-25(19-17-24)36-22-10-9-21-34-27-13-7-6-12-26(27)33-29(34)15-5-4-8-20-32-30(35)28-14-11-23-37-28/h6-7,11-14,16-19,23H,4-5,8-10,15,20-22H2,1-3H3,(H,32,35). The molecule has 0 fully saturated rings. The van der Waals surface area contributed by atoms with E-state index < -0.39 is 0 Å². The number of thiophene rings is 1. The van der Waals surface area contributed by atoms with Crippen molar-refractivity contribution in [2.45, 2.75) is 71.3 Å². The van der Waals surface area contributed by atoms with Crippen molar-refractivity contribution in [1.29, 1.82) is 0 Å². The zero-order valence-corrected chi connectivity index (χ0v) is 23.2. The number of hydrogen-bond donors (Lipinski definition) is 1. The fraction of sp³-hybridized carbons (Fsp3) is 0.419. The Balaban J connectivity index is 1.21. The number of para-hydroxylation sites is 2. The summed E-state index contributed by atoms with van der Waals surface area (Å²) in [7, 11) is 0. The predicted octanol–water partition coefficient (Wildman–Crippen LogP) is 7.40. The molecule has 2 heterocycles. The van der Waals surface area contributed by atoms with Crippen LogP contribution in [0.15, 0.2) is 66.0 Å². The molecule has 0 saturated heterocycles. The number of carbonyl (C=O) groups is 1. The third-order valence-electron chi connectivity index (χ3n) is 6.61. The van der Waals surface area contributed by atoms with E-state index in [-0.39, 0.29) is 11.3 Å². The number of imidazole rings is 1. The van der Waals surface area contributed by atoms with Crippen molar-refractivity contribution in [2.75, 3.05) is 13.2 Å². The summed E-state index contributed by atoms with van der Waals surface area (Å²) in [6.07, 6.45) is 6.09. The van der Waals surface area contributed by atoms with Crippen LogP contribution in [0, 0.1) is 0 Å². The molecule has 4 aromatic rings. The second-order valence-corrected chi connectivity index (χ2v) is 11.5. The number of nitrogens with zero attached hydrogens (tertiary/aromatic N) is 2. The van der Waals surface area contributed by atoms with Crippen LogP contribution in [0.5, 0.6) is 5.75 Å². The fourth-order valence-electron chi connectivity index (χ4n) is 4.46. The summed E-state index contributed by atoms with van der Waals surface area (Å²) in [5, 5.41) is 4.95. The molecule has 37 heavy (non-hydrogen) atoms. The summed E-state index contributed by atoms with van der Waals surface area (Å²) in [5.41, 5.74) is 3.75. The summed E-state index contributed by atoms with van der Waals surface area (Å²) in [6, 6.07) is 20.7. The lowest BCUT2D eigenvalue weighted by molar-refractivity contribution is 0.0957. The number of hydrogen-bond acceptors (Lipinski definition) is 4. The van der Waals surface area contributed by atoms with Gasteiger partial charge >= 0.3 is 0 Å². The number of benzene rings is 2. The van der Waals surface area contributed by atoms with Crippen LogP contribution < -0.4 is 10.1 Å². The number of aryl methyl sites for hydroxylation is 2. The van der Waals surface area contributed by atoms with E-state index in [0.717, 1.165) is 67.0 Å². The molecule has 2 aromatic carbocycles. The fourth-order valence-corrected chi connectivity index (χ4v) is 5.10. The van der Waals surface area contributed by atoms with Gasteiger partial charge in [-0.3, -0.25) is 4.79 Å². The molecule has 4 rings (SSSR count). The van der Waals surface area contributed by atoms with Crippen molar-refractivity contribution < 1.29 is 9.53 Å². The Kier molecular flexibility index (Phi) is 9.40. The van der Waals surface area contributed by atoms with E-state index in [0.29, 0.717) is 13.2 Å². The number of nitrogens with one attached hydrogen (secondary N) is 1. The first kappa shape index (κ1) is 26.9. The molecule has 0 atom stereocenters. The lowest BCUT2D eigenvalue weighted by atomic mass is 9.87. The van der Waals surface area contributed by atoms with E-state index >= 15 is 0 Å². The highest BCUT2D eigenvalue weighted by Crippen LogP contribution is 2.24. The Bertz CT molecular complexity index is 1250. The van der Waals surface area contributed by atoms with E-state index in [4.69, 9.17) is 9.72 Å². The molecule has 0 bridgehead atoms. The Morgan fingerprint density at radius 3 is 2.51 bits per heavy atom. The maximum absolute atomic E-state index is 12.1. The summed E-state index contributed by atoms with van der Waals surface area (Å²) in [4.78, 5) is 17.8. The van der Waals surface area contributed by atoms with Gasteiger partial charge in [-0.15, -0.1) is 11.3 Å². The van der Waals surface area contributed by atoms with Gasteiger partial charge < -0.3 is 14.6 Å². The molecule has 2 aromatic heterocycles. The Hall–Kier alpha value is -3.12. The molecule has 0 aliphatic rings. The predicted molar refractivity (Wildman–Crippen MR) is 154 cm³/mol. The van der Waals surface area contributed by atoms with Crippen LogP contribution in [0.2, 0.25) is 0 Å². The molecule has 1 N–H and O–H groups in total. The minimum absolute atomic E-state index is 0.0303. The SMILES string of the molecule is CC(C)(C)c1ccc(OCCCCn2c(CCCCCNC(=O)c3cccs3)nc3ccccc32)cc1. The molecule has 0 aliphatic heterocycles. The van der Waals surface area contributed by atoms with Gasteiger partial charge in [0.2, 0.25) is 0 Å². The largest absolute Gasteiger partial charge is 0.494 e. The minimum atomic E-state index is 0.0303. The highest BCUT2D eigenvalue weighted by molar-refractivity contribution is 7.12. The number of rotatable bonds is 13. The number of fused-ring (bicyclic) bond motifs is 1. The molecule has 5 nitrogen and oxygen atoms in total. The van der Waals surface area contributed by atoms with Crippen molar-refractivity contribution in [3.8, 4) is 5.75 Å². The summed E-state index contributed by atoms with van der Waals surface area (Å²) < 4.78 is 8.38. The Morgan fingerprint density at radius 2 is 1.76 bits per heavy atom. The van der Waals surface area contributed by atoms with Gasteiger partial charge in [0.05, 0.1) is 22.5 Å². The highest BCUT2D eigenvalue weighted by atomic mass is 32.1. The molecule has 1 amide bonds. The second kappa shape index (κ2) is 12.9. The van der Waals surface area contributed by atoms with Crippen LogP contribution >= 0.6 is 11.3 Å². The van der Waals surface area contributed by atoms with E-state index in [9.17, 15) is 4.79 Å². The van der Waals surface area contributed by atoms with Crippen molar-refractivity contribution >= 4 is 28.3 Å². The Morgan fingerprint density at radius 1 is 0.946 bits per heavy atom. The first-order valence-corrected chi connectivity index (χ1v) is 14.3. The highest BCUT2D eigenvalue weighted by Gasteiger charge is 2.13. The summed E-state index contributed by atoms with van der Waals surface area (Å²) in [5.74, 6) is 2.12. The van der Waals surface area contributed by atoms with Gasteiger partial charge in [0, 0.05) is 19.5 Å². The van der Waals surface area contributed by atoms with E-state index in [2.05, 4.69) is 79.2 Å². The second-order valence-electron chi connectivity index (χ2n) is 10.5. The molecule has 6 heteroatoms. The van der Waals surface area contributed by atoms with E-state index in [1.807, 2.05) is 17.5 Å². The van der Waals surface area contributed by atoms with Gasteiger partial charge in [-0.05, 0) is 72.4 Å². The van der Waals surface area contributed by atoms with Crippen LogP contribution in [0.3, 0.4) is 0 Å². The van der Waals surface area contributed by atoms with Crippen LogP contribution in [0.1, 0.15) is 73.9 Å². The smallest absolute Gasteiger partial charge is 0.261 e. The first-order valence-electron chi connectivity index (χ1n) is 13.4. The van der Waals surface area contributed by atoms with Crippen molar-refractivity contribution in [2.24, 2.45) is 0 Å². The van der Waals surface area contributed by atoms with Gasteiger partial charge in [-0.1, -0.05) is 57.5 Å². The average Bonchev–Trinajstić information content (AvgIpc) is 3.54. The van der Waals surface area contributed by atoms with Gasteiger partial charge in [-0.2, -0.15) is 0 Å². The molecule has 0 aliphatic carbocycles. The molecule has 0 spiro atoms. The lowest BCUT2D eigenvalue weighted by Crippen LogP contribution is -2.23. The zero-order chi connectivity index (χ0) is 26.1. The van der Waals surface area contributed by atoms with Gasteiger partial charge in [-0.25, -0.2) is 4.98 Å². The number of amides is 1. The quantitative estimate of drug-likeness (QED) is 0.188. The third kappa shape index (κ3) is 7.68. The number of carbonyl (C=O) groups excluding carboxylic acids is 1. The molecule has 196 valence electrons. The lowest BCUT2D eigenvalue weighted by Gasteiger charge is -2.19. The van der Waals surface area contributed by atoms with Gasteiger partial charge in [0.1, 0.15) is 11.6 Å². The maximum atomic E-state index is 12.1. The average molecular weight is 518 g/mol. The van der Waals surface area contributed by atoms with Crippen LogP contribution in [0.4, 0.5) is 0 Å². The minimum Gasteiger partial charge on any atom is -0.494 e. The number of aromatic nitrogens is 2. The van der Waals surface area contributed by atoms with Crippen molar-refractivity contribution in [1.82, 2.24) is 14.9 Å². The van der Waals surface area contributed by atoms with Crippen molar-refractivity contribution in [3.05, 3.63) is 82.3 Å². The summed E-state index contributed by atoms with van der Waals surface area (Å²) >= 11 is 1.48. The number of unbranched alkanes of at least 4 members (excludes halogenated alkanes) is 3. The van der Waals surface area contributed by atoms with E-state index in [1.54, 1.807) is 0 Å². The monoisotopic (exact) mass is 517 g/mol. The van der Waals surface area contributed by atoms with Crippen molar-refractivity contribution in [3.63, 3.8) is 0 Å². The van der Waals surface area contributed by atoms with Crippen LogP contribution in [-0.2, 0) is 18.4 Å². The van der Waals surface area contributed by atoms with E-state index in [1.165, 1.54) is 22.4 Å². The first-order chi connectivity index (χ1) is 17.9. The molecule has 0 radical (unpaired) electrons. The molecular formula is C31H39N3O2S. The third-order valence-corrected chi connectivity index (χ3v) is 7.48. The summed E-state index contributed by atoms with van der Waals surface area (Å²) in [6.45, 7) is 9.05. The van der Waals surface area contributed by atoms with Gasteiger partial charge in [0.25, 0.3) is 5.91 Å². The van der Waals surface area contributed by atoms with Crippen LogP contribution in [-0.4, -0.2) is 28.6 Å².